The standard InChI is InChI=1S/C14H16O3/c1-2-5-11(6-3-1)9-16-12-7-4-8-15-14(12)13-10-17-13/h1-6,8,12-14H,7,9-10H2/t12-,13-,14+/m1/s1. The van der Waals surface area contributed by atoms with E-state index in [0.717, 1.165) is 13.0 Å². The Morgan fingerprint density at radius 3 is 2.82 bits per heavy atom. The fraction of sp³-hybridized carbons (Fsp3) is 0.429. The van der Waals surface area contributed by atoms with Crippen molar-refractivity contribution in [2.45, 2.75) is 31.3 Å². The number of epoxide rings is 1. The molecule has 17 heavy (non-hydrogen) atoms. The van der Waals surface area contributed by atoms with Crippen LogP contribution in [0.1, 0.15) is 12.0 Å². The maximum atomic E-state index is 5.93. The van der Waals surface area contributed by atoms with Gasteiger partial charge in [-0.2, -0.15) is 0 Å². The minimum Gasteiger partial charge on any atom is -0.493 e. The zero-order chi connectivity index (χ0) is 11.5. The summed E-state index contributed by atoms with van der Waals surface area (Å²) in [5.41, 5.74) is 1.19. The Balaban J connectivity index is 1.58. The average Bonchev–Trinajstić information content (AvgIpc) is 3.22. The van der Waals surface area contributed by atoms with Crippen molar-refractivity contribution in [2.75, 3.05) is 6.61 Å². The first-order valence-corrected chi connectivity index (χ1v) is 6.01. The van der Waals surface area contributed by atoms with Crippen LogP contribution in [0.4, 0.5) is 0 Å². The van der Waals surface area contributed by atoms with Gasteiger partial charge >= 0.3 is 0 Å². The minimum absolute atomic E-state index is 0.0590. The molecule has 0 radical (unpaired) electrons. The summed E-state index contributed by atoms with van der Waals surface area (Å²) in [6.07, 6.45) is 5.05. The van der Waals surface area contributed by atoms with Gasteiger partial charge in [0.25, 0.3) is 0 Å². The molecule has 3 atom stereocenters. The fourth-order valence-corrected chi connectivity index (χ4v) is 2.07. The third-order valence-corrected chi connectivity index (χ3v) is 3.10. The van der Waals surface area contributed by atoms with Crippen LogP contribution >= 0.6 is 0 Å². The summed E-state index contributed by atoms with van der Waals surface area (Å²) in [4.78, 5) is 0. The summed E-state index contributed by atoms with van der Waals surface area (Å²) in [5.74, 6) is 0. The topological polar surface area (TPSA) is 31.0 Å². The molecule has 0 bridgehead atoms. The van der Waals surface area contributed by atoms with Crippen LogP contribution in [0.3, 0.4) is 0 Å². The molecule has 0 saturated carbocycles. The Morgan fingerprint density at radius 1 is 1.24 bits per heavy atom. The van der Waals surface area contributed by atoms with Gasteiger partial charge in [0.15, 0.2) is 6.10 Å². The first kappa shape index (κ1) is 10.8. The Bertz CT molecular complexity index is 384. The van der Waals surface area contributed by atoms with Crippen molar-refractivity contribution >= 4 is 0 Å². The van der Waals surface area contributed by atoms with E-state index in [1.807, 2.05) is 24.3 Å². The Morgan fingerprint density at radius 2 is 2.06 bits per heavy atom. The van der Waals surface area contributed by atoms with Gasteiger partial charge in [-0.25, -0.2) is 0 Å². The van der Waals surface area contributed by atoms with E-state index in [1.165, 1.54) is 5.56 Å². The van der Waals surface area contributed by atoms with Crippen LogP contribution in [-0.4, -0.2) is 24.9 Å². The van der Waals surface area contributed by atoms with Crippen molar-refractivity contribution in [2.24, 2.45) is 0 Å². The van der Waals surface area contributed by atoms with Gasteiger partial charge in [-0.3, -0.25) is 0 Å². The lowest BCUT2D eigenvalue weighted by atomic mass is 10.1. The van der Waals surface area contributed by atoms with E-state index in [2.05, 4.69) is 12.1 Å². The molecule has 3 heteroatoms. The second kappa shape index (κ2) is 4.90. The van der Waals surface area contributed by atoms with Crippen LogP contribution < -0.4 is 0 Å². The van der Waals surface area contributed by atoms with E-state index in [9.17, 15) is 0 Å². The highest BCUT2D eigenvalue weighted by Crippen LogP contribution is 2.27. The van der Waals surface area contributed by atoms with E-state index >= 15 is 0 Å². The van der Waals surface area contributed by atoms with Gasteiger partial charge in [0.1, 0.15) is 12.2 Å². The zero-order valence-electron chi connectivity index (χ0n) is 9.62. The highest BCUT2D eigenvalue weighted by Gasteiger charge is 2.40. The molecule has 1 aromatic rings. The van der Waals surface area contributed by atoms with E-state index in [4.69, 9.17) is 14.2 Å². The van der Waals surface area contributed by atoms with Crippen molar-refractivity contribution in [1.29, 1.82) is 0 Å². The van der Waals surface area contributed by atoms with E-state index in [-0.39, 0.29) is 18.3 Å². The normalized spacial score (nSPS) is 30.9. The molecule has 0 spiro atoms. The van der Waals surface area contributed by atoms with E-state index in [1.54, 1.807) is 6.26 Å². The van der Waals surface area contributed by atoms with Gasteiger partial charge in [-0.15, -0.1) is 0 Å². The number of rotatable bonds is 4. The molecule has 0 unspecified atom stereocenters. The molecular formula is C14H16O3. The van der Waals surface area contributed by atoms with Crippen molar-refractivity contribution in [3.8, 4) is 0 Å². The Labute approximate surface area is 101 Å². The van der Waals surface area contributed by atoms with Gasteiger partial charge in [0, 0.05) is 0 Å². The van der Waals surface area contributed by atoms with Crippen molar-refractivity contribution < 1.29 is 14.2 Å². The molecule has 0 aromatic heterocycles. The lowest BCUT2D eigenvalue weighted by molar-refractivity contribution is -0.0677. The maximum Gasteiger partial charge on any atom is 0.152 e. The smallest absolute Gasteiger partial charge is 0.152 e. The third kappa shape index (κ3) is 2.68. The number of hydrogen-bond acceptors (Lipinski definition) is 3. The molecule has 3 nitrogen and oxygen atoms in total. The molecule has 2 heterocycles. The van der Waals surface area contributed by atoms with Crippen LogP contribution in [0.15, 0.2) is 42.7 Å². The predicted molar refractivity (Wildman–Crippen MR) is 63.4 cm³/mol. The number of hydrogen-bond donors (Lipinski definition) is 0. The summed E-state index contributed by atoms with van der Waals surface area (Å²) in [6.45, 7) is 1.43. The minimum atomic E-state index is 0.0590. The molecule has 90 valence electrons. The van der Waals surface area contributed by atoms with Crippen molar-refractivity contribution in [3.05, 3.63) is 48.2 Å². The Hall–Kier alpha value is -1.32. The molecule has 1 fully saturated rings. The first-order chi connectivity index (χ1) is 8.43. The number of ether oxygens (including phenoxy) is 3. The molecule has 3 rings (SSSR count). The van der Waals surface area contributed by atoms with Gasteiger partial charge in [-0.1, -0.05) is 30.3 Å². The van der Waals surface area contributed by atoms with E-state index in [0.29, 0.717) is 6.61 Å². The van der Waals surface area contributed by atoms with E-state index < -0.39 is 0 Å². The maximum absolute atomic E-state index is 5.93. The summed E-state index contributed by atoms with van der Waals surface area (Å²) in [6, 6.07) is 10.2. The zero-order valence-corrected chi connectivity index (χ0v) is 9.62. The second-order valence-electron chi connectivity index (χ2n) is 4.42. The van der Waals surface area contributed by atoms with Crippen LogP contribution in [0.25, 0.3) is 0 Å². The average molecular weight is 232 g/mol. The van der Waals surface area contributed by atoms with Gasteiger partial charge in [-0.05, 0) is 18.1 Å². The van der Waals surface area contributed by atoms with Crippen molar-refractivity contribution in [3.63, 3.8) is 0 Å². The molecule has 2 aliphatic heterocycles. The van der Waals surface area contributed by atoms with Crippen LogP contribution in [0.5, 0.6) is 0 Å². The van der Waals surface area contributed by atoms with Crippen LogP contribution in [-0.2, 0) is 20.8 Å². The highest BCUT2D eigenvalue weighted by molar-refractivity contribution is 5.13. The molecule has 1 saturated heterocycles. The first-order valence-electron chi connectivity index (χ1n) is 6.01. The van der Waals surface area contributed by atoms with Gasteiger partial charge < -0.3 is 14.2 Å². The summed E-state index contributed by atoms with van der Waals surface area (Å²) in [7, 11) is 0. The lowest BCUT2D eigenvalue weighted by Crippen LogP contribution is -2.36. The largest absolute Gasteiger partial charge is 0.493 e. The van der Waals surface area contributed by atoms with Crippen molar-refractivity contribution in [1.82, 2.24) is 0 Å². The molecule has 0 aliphatic carbocycles. The summed E-state index contributed by atoms with van der Waals surface area (Å²) < 4.78 is 16.8. The quantitative estimate of drug-likeness (QED) is 0.746. The van der Waals surface area contributed by atoms with Crippen LogP contribution in [0, 0.1) is 0 Å². The molecule has 0 N–H and O–H groups in total. The molecule has 0 amide bonds. The summed E-state index contributed by atoms with van der Waals surface area (Å²) in [5, 5.41) is 0. The highest BCUT2D eigenvalue weighted by atomic mass is 16.6. The molecule has 1 aromatic carbocycles. The second-order valence-corrected chi connectivity index (χ2v) is 4.42. The van der Waals surface area contributed by atoms with Gasteiger partial charge in [0.2, 0.25) is 0 Å². The summed E-state index contributed by atoms with van der Waals surface area (Å²) >= 11 is 0. The molecule has 2 aliphatic rings. The number of benzene rings is 1. The SMILES string of the molecule is C1=CO[C@H]([C@H]2CO2)[C@H](OCc2ccccc2)C1. The molecular weight excluding hydrogens is 216 g/mol. The van der Waals surface area contributed by atoms with Crippen LogP contribution in [0.2, 0.25) is 0 Å². The van der Waals surface area contributed by atoms with Gasteiger partial charge in [0.05, 0.1) is 19.5 Å². The lowest BCUT2D eigenvalue weighted by Gasteiger charge is -2.27. The monoisotopic (exact) mass is 232 g/mol. The Kier molecular flexibility index (Phi) is 3.12. The fourth-order valence-electron chi connectivity index (χ4n) is 2.07. The predicted octanol–water partition coefficient (Wildman–Crippen LogP) is 2.27. The third-order valence-electron chi connectivity index (χ3n) is 3.10.